The summed E-state index contributed by atoms with van der Waals surface area (Å²) in [4.78, 5) is 14.0. The largest absolute Gasteiger partial charge is 0.416 e. The number of alkyl halides is 3. The van der Waals surface area contributed by atoms with Gasteiger partial charge in [-0.15, -0.1) is 0 Å². The van der Waals surface area contributed by atoms with E-state index in [2.05, 4.69) is 10.6 Å². The number of nitrogens with zero attached hydrogens (tertiary/aromatic N) is 1. The van der Waals surface area contributed by atoms with Crippen molar-refractivity contribution in [3.05, 3.63) is 71.3 Å². The van der Waals surface area contributed by atoms with Crippen LogP contribution in [0.4, 0.5) is 18.0 Å². The van der Waals surface area contributed by atoms with Crippen LogP contribution in [0.5, 0.6) is 0 Å². The van der Waals surface area contributed by atoms with Gasteiger partial charge in [0.1, 0.15) is 0 Å². The molecule has 0 spiro atoms. The molecule has 0 aliphatic rings. The van der Waals surface area contributed by atoms with Crippen LogP contribution in [0.15, 0.2) is 54.6 Å². The summed E-state index contributed by atoms with van der Waals surface area (Å²) in [6, 6.07) is 14.2. The average molecular weight is 365 g/mol. The lowest BCUT2D eigenvalue weighted by Gasteiger charge is -2.25. The van der Waals surface area contributed by atoms with Crippen LogP contribution in [0.1, 0.15) is 22.7 Å². The summed E-state index contributed by atoms with van der Waals surface area (Å²) in [6.07, 6.45) is -4.36. The normalized spacial score (nSPS) is 12.7. The predicted octanol–water partition coefficient (Wildman–Crippen LogP) is 3.81. The molecule has 2 amide bonds. The average Bonchev–Trinajstić information content (AvgIpc) is 2.60. The first-order valence-corrected chi connectivity index (χ1v) is 8.16. The molecule has 1 unspecified atom stereocenters. The fourth-order valence-corrected chi connectivity index (χ4v) is 2.52. The number of carbonyl (C=O) groups is 1. The van der Waals surface area contributed by atoms with E-state index in [1.54, 1.807) is 0 Å². The van der Waals surface area contributed by atoms with Gasteiger partial charge in [-0.3, -0.25) is 0 Å². The fraction of sp³-hybridized carbons (Fsp3) is 0.316. The van der Waals surface area contributed by atoms with Gasteiger partial charge in [0.05, 0.1) is 11.6 Å². The predicted molar refractivity (Wildman–Crippen MR) is 94.6 cm³/mol. The number of halogens is 3. The molecule has 2 aromatic rings. The highest BCUT2D eigenvalue weighted by Gasteiger charge is 2.29. The van der Waals surface area contributed by atoms with Crippen LogP contribution in [-0.4, -0.2) is 31.6 Å². The van der Waals surface area contributed by atoms with E-state index in [9.17, 15) is 18.0 Å². The standard InChI is InChI=1S/C19H22F3N3O/c1-25(2)17(15-6-4-3-5-7-15)13-24-18(26)23-12-14-8-10-16(11-9-14)19(20,21)22/h3-11,17H,12-13H2,1-2H3,(H2,23,24,26). The van der Waals surface area contributed by atoms with E-state index >= 15 is 0 Å². The fourth-order valence-electron chi connectivity index (χ4n) is 2.52. The molecule has 0 aliphatic carbocycles. The second-order valence-electron chi connectivity index (χ2n) is 6.15. The summed E-state index contributed by atoms with van der Waals surface area (Å²) in [5, 5.41) is 5.45. The molecule has 0 bridgehead atoms. The van der Waals surface area contributed by atoms with Crippen LogP contribution in [-0.2, 0) is 12.7 Å². The first kappa shape index (κ1) is 19.8. The highest BCUT2D eigenvalue weighted by molar-refractivity contribution is 5.73. The Kier molecular flexibility index (Phi) is 6.63. The molecule has 1 atom stereocenters. The summed E-state index contributed by atoms with van der Waals surface area (Å²) in [5.74, 6) is 0. The van der Waals surface area contributed by atoms with E-state index in [1.807, 2.05) is 49.3 Å². The maximum atomic E-state index is 12.5. The Labute approximate surface area is 151 Å². The van der Waals surface area contributed by atoms with Gasteiger partial charge in [0.2, 0.25) is 0 Å². The van der Waals surface area contributed by atoms with Crippen LogP contribution < -0.4 is 10.6 Å². The Bertz CT molecular complexity index is 700. The van der Waals surface area contributed by atoms with Crippen molar-refractivity contribution < 1.29 is 18.0 Å². The molecule has 7 heteroatoms. The molecule has 0 fully saturated rings. The SMILES string of the molecule is CN(C)C(CNC(=O)NCc1ccc(C(F)(F)F)cc1)c1ccccc1. The molecule has 0 saturated heterocycles. The first-order valence-electron chi connectivity index (χ1n) is 8.16. The highest BCUT2D eigenvalue weighted by atomic mass is 19.4. The molecule has 2 rings (SSSR count). The molecule has 4 nitrogen and oxygen atoms in total. The van der Waals surface area contributed by atoms with Crippen LogP contribution in [0.3, 0.4) is 0 Å². The van der Waals surface area contributed by atoms with Gasteiger partial charge < -0.3 is 15.5 Å². The minimum Gasteiger partial charge on any atom is -0.336 e. The molecular weight excluding hydrogens is 343 g/mol. The topological polar surface area (TPSA) is 44.4 Å². The van der Waals surface area contributed by atoms with Crippen molar-refractivity contribution in [2.45, 2.75) is 18.8 Å². The summed E-state index contributed by atoms with van der Waals surface area (Å²) < 4.78 is 37.6. The van der Waals surface area contributed by atoms with Crippen molar-refractivity contribution in [3.8, 4) is 0 Å². The van der Waals surface area contributed by atoms with Crippen molar-refractivity contribution in [2.24, 2.45) is 0 Å². The Balaban J connectivity index is 1.84. The second kappa shape index (κ2) is 8.71. The molecule has 0 aliphatic heterocycles. The number of hydrogen-bond acceptors (Lipinski definition) is 2. The van der Waals surface area contributed by atoms with Gasteiger partial charge in [0.15, 0.2) is 0 Å². The van der Waals surface area contributed by atoms with Gasteiger partial charge in [-0.2, -0.15) is 13.2 Å². The lowest BCUT2D eigenvalue weighted by Crippen LogP contribution is -2.40. The highest BCUT2D eigenvalue weighted by Crippen LogP contribution is 2.29. The monoisotopic (exact) mass is 365 g/mol. The van der Waals surface area contributed by atoms with Gasteiger partial charge in [0, 0.05) is 13.1 Å². The molecule has 2 aromatic carbocycles. The molecule has 0 heterocycles. The smallest absolute Gasteiger partial charge is 0.336 e. The van der Waals surface area contributed by atoms with E-state index in [0.717, 1.165) is 17.7 Å². The number of carbonyl (C=O) groups excluding carboxylic acids is 1. The Morgan fingerprint density at radius 1 is 1.00 bits per heavy atom. The summed E-state index contributed by atoms with van der Waals surface area (Å²) in [5.41, 5.74) is 0.975. The zero-order valence-electron chi connectivity index (χ0n) is 14.7. The van der Waals surface area contributed by atoms with Gasteiger partial charge in [-0.1, -0.05) is 42.5 Å². The third kappa shape index (κ3) is 5.77. The molecule has 26 heavy (non-hydrogen) atoms. The minimum atomic E-state index is -4.36. The summed E-state index contributed by atoms with van der Waals surface area (Å²) in [6.45, 7) is 0.567. The van der Waals surface area contributed by atoms with Crippen molar-refractivity contribution in [1.82, 2.24) is 15.5 Å². The van der Waals surface area contributed by atoms with E-state index < -0.39 is 11.7 Å². The number of urea groups is 1. The van der Waals surface area contributed by atoms with Crippen LogP contribution in [0.2, 0.25) is 0 Å². The zero-order chi connectivity index (χ0) is 19.2. The van der Waals surface area contributed by atoms with Crippen LogP contribution >= 0.6 is 0 Å². The van der Waals surface area contributed by atoms with E-state index in [0.29, 0.717) is 12.1 Å². The quantitative estimate of drug-likeness (QED) is 0.818. The molecule has 140 valence electrons. The lowest BCUT2D eigenvalue weighted by molar-refractivity contribution is -0.137. The summed E-state index contributed by atoms with van der Waals surface area (Å²) in [7, 11) is 3.86. The summed E-state index contributed by atoms with van der Waals surface area (Å²) >= 11 is 0. The molecule has 0 saturated carbocycles. The van der Waals surface area contributed by atoms with Crippen molar-refractivity contribution in [3.63, 3.8) is 0 Å². The van der Waals surface area contributed by atoms with Gasteiger partial charge in [-0.05, 0) is 37.4 Å². The third-order valence-corrected chi connectivity index (χ3v) is 4.00. The number of rotatable bonds is 6. The van der Waals surface area contributed by atoms with E-state index in [4.69, 9.17) is 0 Å². The molecule has 0 aromatic heterocycles. The van der Waals surface area contributed by atoms with Crippen LogP contribution in [0.25, 0.3) is 0 Å². The van der Waals surface area contributed by atoms with Gasteiger partial charge >= 0.3 is 12.2 Å². The Morgan fingerprint density at radius 2 is 1.62 bits per heavy atom. The molecular formula is C19H22F3N3O. The van der Waals surface area contributed by atoms with Crippen LogP contribution in [0, 0.1) is 0 Å². The lowest BCUT2D eigenvalue weighted by atomic mass is 10.1. The maximum absolute atomic E-state index is 12.5. The van der Waals surface area contributed by atoms with E-state index in [1.165, 1.54) is 12.1 Å². The Hall–Kier alpha value is -2.54. The zero-order valence-corrected chi connectivity index (χ0v) is 14.7. The second-order valence-corrected chi connectivity index (χ2v) is 6.15. The molecule has 2 N–H and O–H groups in total. The van der Waals surface area contributed by atoms with Crippen molar-refractivity contribution in [2.75, 3.05) is 20.6 Å². The molecule has 0 radical (unpaired) electrons. The number of likely N-dealkylation sites (N-methyl/N-ethyl adjacent to an activating group) is 1. The van der Waals surface area contributed by atoms with Crippen molar-refractivity contribution in [1.29, 1.82) is 0 Å². The Morgan fingerprint density at radius 3 is 2.15 bits per heavy atom. The number of benzene rings is 2. The maximum Gasteiger partial charge on any atom is 0.416 e. The number of amides is 2. The van der Waals surface area contributed by atoms with Gasteiger partial charge in [0.25, 0.3) is 0 Å². The minimum absolute atomic E-state index is 0.0213. The van der Waals surface area contributed by atoms with Crippen molar-refractivity contribution >= 4 is 6.03 Å². The third-order valence-electron chi connectivity index (χ3n) is 4.00. The number of hydrogen-bond donors (Lipinski definition) is 2. The first-order chi connectivity index (χ1) is 12.3. The van der Waals surface area contributed by atoms with E-state index in [-0.39, 0.29) is 18.6 Å². The van der Waals surface area contributed by atoms with Gasteiger partial charge in [-0.25, -0.2) is 4.79 Å². The number of nitrogens with one attached hydrogen (secondary N) is 2.